The summed E-state index contributed by atoms with van der Waals surface area (Å²) < 4.78 is 43.7. The Balaban J connectivity index is 1.42. The molecule has 1 saturated heterocycles. The predicted molar refractivity (Wildman–Crippen MR) is 88.1 cm³/mol. The molecule has 130 valence electrons. The van der Waals surface area contributed by atoms with E-state index in [0.717, 1.165) is 54.2 Å². The molecule has 1 aromatic heterocycles. The summed E-state index contributed by atoms with van der Waals surface area (Å²) in [5.41, 5.74) is 1.92. The molecule has 3 nitrogen and oxygen atoms in total. The summed E-state index contributed by atoms with van der Waals surface area (Å²) in [4.78, 5) is 6.78. The van der Waals surface area contributed by atoms with Crippen molar-refractivity contribution >= 4 is 11.1 Å². The molecular formula is C19H17F3N2O. The van der Waals surface area contributed by atoms with Crippen molar-refractivity contribution in [3.8, 4) is 0 Å². The largest absolute Gasteiger partial charge is 0.440 e. The number of para-hydroxylation sites is 2. The number of fused-ring (bicyclic) bond motifs is 1. The molecular weight excluding hydrogens is 329 g/mol. The molecule has 0 radical (unpaired) electrons. The summed E-state index contributed by atoms with van der Waals surface area (Å²) in [5.74, 6) is 0.970. The second-order valence-corrected chi connectivity index (χ2v) is 6.44. The van der Waals surface area contributed by atoms with Crippen LogP contribution in [0, 0.1) is 0 Å². The molecule has 0 aliphatic carbocycles. The minimum atomic E-state index is -4.29. The van der Waals surface area contributed by atoms with Crippen LogP contribution in [0.15, 0.2) is 52.9 Å². The quantitative estimate of drug-likeness (QED) is 0.680. The topological polar surface area (TPSA) is 29.3 Å². The number of alkyl halides is 3. The smallest absolute Gasteiger partial charge is 0.416 e. The Kier molecular flexibility index (Phi) is 4.00. The Morgan fingerprint density at radius 2 is 1.84 bits per heavy atom. The van der Waals surface area contributed by atoms with Gasteiger partial charge in [-0.3, -0.25) is 4.90 Å². The number of benzene rings is 2. The normalized spacial score (nSPS) is 18.9. The highest BCUT2D eigenvalue weighted by molar-refractivity contribution is 5.72. The summed E-state index contributed by atoms with van der Waals surface area (Å²) in [7, 11) is 0. The number of oxazole rings is 1. The van der Waals surface area contributed by atoms with Crippen molar-refractivity contribution in [1.82, 2.24) is 9.88 Å². The highest BCUT2D eigenvalue weighted by Gasteiger charge is 2.31. The average molecular weight is 346 g/mol. The number of nitrogens with zero attached hydrogens (tertiary/aromatic N) is 2. The van der Waals surface area contributed by atoms with Gasteiger partial charge < -0.3 is 4.42 Å². The lowest BCUT2D eigenvalue weighted by Gasteiger charge is -2.16. The van der Waals surface area contributed by atoms with Crippen LogP contribution in [-0.2, 0) is 12.7 Å². The fourth-order valence-electron chi connectivity index (χ4n) is 3.30. The molecule has 25 heavy (non-hydrogen) atoms. The first kappa shape index (κ1) is 16.1. The number of likely N-dealkylation sites (tertiary alicyclic amines) is 1. The highest BCUT2D eigenvalue weighted by atomic mass is 19.4. The Hall–Kier alpha value is -2.34. The number of halogens is 3. The lowest BCUT2D eigenvalue weighted by atomic mass is 10.1. The van der Waals surface area contributed by atoms with Crippen molar-refractivity contribution in [1.29, 1.82) is 0 Å². The first-order valence-electron chi connectivity index (χ1n) is 8.23. The van der Waals surface area contributed by atoms with Crippen LogP contribution >= 0.6 is 0 Å². The van der Waals surface area contributed by atoms with E-state index in [-0.39, 0.29) is 5.92 Å². The van der Waals surface area contributed by atoms with E-state index < -0.39 is 11.7 Å². The molecule has 3 aromatic rings. The molecule has 1 atom stereocenters. The average Bonchev–Trinajstić information content (AvgIpc) is 3.20. The molecule has 6 heteroatoms. The molecule has 1 aliphatic rings. The number of hydrogen-bond donors (Lipinski definition) is 0. The monoisotopic (exact) mass is 346 g/mol. The summed E-state index contributed by atoms with van der Waals surface area (Å²) in [5, 5.41) is 0. The van der Waals surface area contributed by atoms with Crippen molar-refractivity contribution in [2.75, 3.05) is 13.1 Å². The Labute approximate surface area is 143 Å². The molecule has 1 aliphatic heterocycles. The van der Waals surface area contributed by atoms with Gasteiger partial charge in [0.25, 0.3) is 0 Å². The second-order valence-electron chi connectivity index (χ2n) is 6.44. The van der Waals surface area contributed by atoms with Crippen LogP contribution in [0.2, 0.25) is 0 Å². The molecule has 2 heterocycles. The predicted octanol–water partition coefficient (Wildman–Crippen LogP) is 4.84. The number of aromatic nitrogens is 1. The first-order chi connectivity index (χ1) is 12.0. The third-order valence-electron chi connectivity index (χ3n) is 4.62. The van der Waals surface area contributed by atoms with E-state index in [1.807, 2.05) is 24.3 Å². The fraction of sp³-hybridized carbons (Fsp3) is 0.316. The molecule has 0 saturated carbocycles. The van der Waals surface area contributed by atoms with Crippen LogP contribution < -0.4 is 0 Å². The molecule has 0 N–H and O–H groups in total. The summed E-state index contributed by atoms with van der Waals surface area (Å²) in [6.07, 6.45) is -3.35. The summed E-state index contributed by atoms with van der Waals surface area (Å²) in [6, 6.07) is 13.1. The van der Waals surface area contributed by atoms with Crippen molar-refractivity contribution in [3.63, 3.8) is 0 Å². The fourth-order valence-corrected chi connectivity index (χ4v) is 3.30. The second kappa shape index (κ2) is 6.19. The van der Waals surface area contributed by atoms with Crippen LogP contribution in [0.4, 0.5) is 13.2 Å². The molecule has 4 rings (SSSR count). The van der Waals surface area contributed by atoms with Crippen LogP contribution in [0.1, 0.15) is 29.4 Å². The molecule has 0 spiro atoms. The third kappa shape index (κ3) is 3.39. The van der Waals surface area contributed by atoms with Gasteiger partial charge in [0, 0.05) is 19.0 Å². The van der Waals surface area contributed by atoms with Gasteiger partial charge in [0.1, 0.15) is 5.52 Å². The minimum Gasteiger partial charge on any atom is -0.440 e. The van der Waals surface area contributed by atoms with Crippen LogP contribution in [0.5, 0.6) is 0 Å². The standard InChI is InChI=1S/C19H17F3N2O/c20-19(21,22)15-7-5-13(6-8-15)11-24-10-9-14(12-24)18-23-16-3-1-2-4-17(16)25-18/h1-8,14H,9-12H2. The Morgan fingerprint density at radius 1 is 1.08 bits per heavy atom. The van der Waals surface area contributed by atoms with Gasteiger partial charge >= 0.3 is 6.18 Å². The summed E-state index contributed by atoms with van der Waals surface area (Å²) >= 11 is 0. The third-order valence-corrected chi connectivity index (χ3v) is 4.62. The molecule has 0 bridgehead atoms. The van der Waals surface area contributed by atoms with Gasteiger partial charge in [-0.25, -0.2) is 4.98 Å². The maximum absolute atomic E-state index is 12.6. The van der Waals surface area contributed by atoms with E-state index in [1.165, 1.54) is 0 Å². The molecule has 2 aromatic carbocycles. The lowest BCUT2D eigenvalue weighted by Crippen LogP contribution is -2.20. The van der Waals surface area contributed by atoms with E-state index in [0.29, 0.717) is 6.54 Å². The van der Waals surface area contributed by atoms with Crippen molar-refractivity contribution in [2.45, 2.75) is 25.1 Å². The Morgan fingerprint density at radius 3 is 2.56 bits per heavy atom. The Bertz CT molecular complexity index is 837. The van der Waals surface area contributed by atoms with Crippen molar-refractivity contribution in [3.05, 3.63) is 65.5 Å². The van der Waals surface area contributed by atoms with E-state index in [4.69, 9.17) is 4.42 Å². The van der Waals surface area contributed by atoms with Gasteiger partial charge in [-0.05, 0) is 42.8 Å². The van der Waals surface area contributed by atoms with Gasteiger partial charge in [0.15, 0.2) is 11.5 Å². The SMILES string of the molecule is FC(F)(F)c1ccc(CN2CCC(c3nc4ccccc4o3)C2)cc1. The van der Waals surface area contributed by atoms with Crippen molar-refractivity contribution in [2.24, 2.45) is 0 Å². The number of hydrogen-bond acceptors (Lipinski definition) is 3. The minimum absolute atomic E-state index is 0.224. The van der Waals surface area contributed by atoms with Gasteiger partial charge in [-0.2, -0.15) is 13.2 Å². The van der Waals surface area contributed by atoms with Crippen LogP contribution in [-0.4, -0.2) is 23.0 Å². The number of rotatable bonds is 3. The summed E-state index contributed by atoms with van der Waals surface area (Å²) in [6.45, 7) is 2.31. The van der Waals surface area contributed by atoms with Gasteiger partial charge in [0.05, 0.1) is 5.56 Å². The first-order valence-corrected chi connectivity index (χ1v) is 8.23. The molecule has 1 unspecified atom stereocenters. The maximum atomic E-state index is 12.6. The highest BCUT2D eigenvalue weighted by Crippen LogP contribution is 2.31. The molecule has 1 fully saturated rings. The maximum Gasteiger partial charge on any atom is 0.416 e. The van der Waals surface area contributed by atoms with Gasteiger partial charge in [-0.1, -0.05) is 24.3 Å². The van der Waals surface area contributed by atoms with Gasteiger partial charge in [-0.15, -0.1) is 0 Å². The van der Waals surface area contributed by atoms with Crippen molar-refractivity contribution < 1.29 is 17.6 Å². The van der Waals surface area contributed by atoms with E-state index in [9.17, 15) is 13.2 Å². The van der Waals surface area contributed by atoms with Gasteiger partial charge in [0.2, 0.25) is 0 Å². The zero-order chi connectivity index (χ0) is 17.4. The van der Waals surface area contributed by atoms with Crippen LogP contribution in [0.3, 0.4) is 0 Å². The van der Waals surface area contributed by atoms with E-state index in [1.54, 1.807) is 12.1 Å². The lowest BCUT2D eigenvalue weighted by molar-refractivity contribution is -0.137. The zero-order valence-corrected chi connectivity index (χ0v) is 13.5. The van der Waals surface area contributed by atoms with E-state index in [2.05, 4.69) is 9.88 Å². The zero-order valence-electron chi connectivity index (χ0n) is 13.5. The molecule has 0 amide bonds. The van der Waals surface area contributed by atoms with E-state index >= 15 is 0 Å². The van der Waals surface area contributed by atoms with Crippen LogP contribution in [0.25, 0.3) is 11.1 Å².